The first-order chi connectivity index (χ1) is 13.0. The number of piperidine rings is 1. The summed E-state index contributed by atoms with van der Waals surface area (Å²) in [4.78, 5) is 38.4. The second kappa shape index (κ2) is 8.89. The molecule has 3 rings (SSSR count). The lowest BCUT2D eigenvalue weighted by atomic mass is 9.81. The van der Waals surface area contributed by atoms with Gasteiger partial charge in [0.2, 0.25) is 5.91 Å². The minimum atomic E-state index is -0.364. The highest BCUT2D eigenvalue weighted by Gasteiger charge is 2.29. The average molecular weight is 376 g/mol. The van der Waals surface area contributed by atoms with Gasteiger partial charge in [-0.25, -0.2) is 0 Å². The molecule has 6 heteroatoms. The van der Waals surface area contributed by atoms with Gasteiger partial charge in [-0.15, -0.1) is 0 Å². The molecule has 0 unspecified atom stereocenters. The lowest BCUT2D eigenvalue weighted by Gasteiger charge is -2.32. The maximum Gasteiger partial charge on any atom is 0.253 e. The van der Waals surface area contributed by atoms with E-state index in [9.17, 15) is 14.4 Å². The SMILES string of the molecule is CC[C@@H](C)NC(=O)C1CCC(CNc2c(N3CCCCC3)c(=O)c2=O)CC1. The molecule has 1 atom stereocenters. The van der Waals surface area contributed by atoms with E-state index in [4.69, 9.17) is 0 Å². The van der Waals surface area contributed by atoms with Gasteiger partial charge in [-0.1, -0.05) is 6.92 Å². The number of hydrogen-bond donors (Lipinski definition) is 2. The van der Waals surface area contributed by atoms with Crippen LogP contribution in [-0.4, -0.2) is 31.6 Å². The molecule has 0 radical (unpaired) electrons. The van der Waals surface area contributed by atoms with Gasteiger partial charge in [0.05, 0.1) is 0 Å². The molecule has 1 saturated carbocycles. The summed E-state index contributed by atoms with van der Waals surface area (Å²) < 4.78 is 0. The number of nitrogens with zero attached hydrogens (tertiary/aromatic N) is 1. The van der Waals surface area contributed by atoms with Crippen LogP contribution < -0.4 is 26.4 Å². The average Bonchev–Trinajstić information content (AvgIpc) is 2.71. The van der Waals surface area contributed by atoms with Gasteiger partial charge >= 0.3 is 0 Å². The van der Waals surface area contributed by atoms with E-state index in [-0.39, 0.29) is 28.7 Å². The standard InChI is InChI=1S/C21H33N3O3/c1-3-14(2)23-21(27)16-9-7-15(8-10-16)13-22-17-18(20(26)19(17)25)24-11-5-4-6-12-24/h14-16,22H,3-13H2,1-2H3,(H,23,27)/t14-,15?,16?/m1/s1. The Morgan fingerprint density at radius 3 is 2.37 bits per heavy atom. The van der Waals surface area contributed by atoms with Gasteiger partial charge in [-0.2, -0.15) is 0 Å². The lowest BCUT2D eigenvalue weighted by molar-refractivity contribution is -0.126. The van der Waals surface area contributed by atoms with Gasteiger partial charge < -0.3 is 15.5 Å². The number of carbonyl (C=O) groups excluding carboxylic acids is 1. The number of rotatable bonds is 7. The maximum atomic E-state index is 12.3. The summed E-state index contributed by atoms with van der Waals surface area (Å²) in [6, 6.07) is 0.235. The summed E-state index contributed by atoms with van der Waals surface area (Å²) in [5, 5.41) is 6.35. The Kier molecular flexibility index (Phi) is 6.55. The van der Waals surface area contributed by atoms with Gasteiger partial charge in [-0.05, 0) is 64.2 Å². The zero-order valence-corrected chi connectivity index (χ0v) is 16.7. The van der Waals surface area contributed by atoms with Crippen molar-refractivity contribution in [2.45, 2.75) is 71.3 Å². The molecule has 2 aliphatic rings. The Morgan fingerprint density at radius 1 is 1.07 bits per heavy atom. The van der Waals surface area contributed by atoms with Crippen molar-refractivity contribution in [3.8, 4) is 0 Å². The fraction of sp³-hybridized carbons (Fsp3) is 0.762. The molecule has 1 aromatic rings. The predicted molar refractivity (Wildman–Crippen MR) is 109 cm³/mol. The second-order valence-corrected chi connectivity index (χ2v) is 8.35. The zero-order chi connectivity index (χ0) is 19.4. The van der Waals surface area contributed by atoms with Gasteiger partial charge in [0.25, 0.3) is 10.9 Å². The van der Waals surface area contributed by atoms with Crippen LogP contribution in [0, 0.1) is 11.8 Å². The Morgan fingerprint density at radius 2 is 1.74 bits per heavy atom. The third-order valence-electron chi connectivity index (χ3n) is 6.34. The molecule has 1 saturated heterocycles. The molecule has 1 amide bonds. The van der Waals surface area contributed by atoms with Crippen LogP contribution in [0.15, 0.2) is 9.59 Å². The minimum Gasteiger partial charge on any atom is -0.380 e. The minimum absolute atomic E-state index is 0.116. The van der Waals surface area contributed by atoms with Crippen LogP contribution in [0.4, 0.5) is 11.4 Å². The van der Waals surface area contributed by atoms with Crippen LogP contribution in [0.2, 0.25) is 0 Å². The number of amides is 1. The molecule has 2 fully saturated rings. The highest BCUT2D eigenvalue weighted by atomic mass is 16.2. The first kappa shape index (κ1) is 19.9. The molecule has 0 aromatic heterocycles. The van der Waals surface area contributed by atoms with Crippen molar-refractivity contribution in [3.63, 3.8) is 0 Å². The first-order valence-corrected chi connectivity index (χ1v) is 10.6. The quantitative estimate of drug-likeness (QED) is 0.716. The van der Waals surface area contributed by atoms with Crippen molar-refractivity contribution in [2.24, 2.45) is 11.8 Å². The molecule has 2 N–H and O–H groups in total. The van der Waals surface area contributed by atoms with E-state index in [0.717, 1.165) is 58.0 Å². The number of carbonyl (C=O) groups is 1. The summed E-state index contributed by atoms with van der Waals surface area (Å²) in [6.45, 7) is 6.57. The third-order valence-corrected chi connectivity index (χ3v) is 6.34. The lowest BCUT2D eigenvalue weighted by Crippen LogP contribution is -2.45. The Labute approximate surface area is 161 Å². The highest BCUT2D eigenvalue weighted by molar-refractivity contribution is 5.79. The molecular formula is C21H33N3O3. The predicted octanol–water partition coefficient (Wildman–Crippen LogP) is 2.41. The van der Waals surface area contributed by atoms with Crippen LogP contribution in [0.5, 0.6) is 0 Å². The van der Waals surface area contributed by atoms with E-state index in [1.165, 1.54) is 6.42 Å². The molecular weight excluding hydrogens is 342 g/mol. The van der Waals surface area contributed by atoms with Crippen LogP contribution in [0.25, 0.3) is 0 Å². The number of hydrogen-bond acceptors (Lipinski definition) is 5. The van der Waals surface area contributed by atoms with Crippen molar-refractivity contribution in [1.29, 1.82) is 0 Å². The molecule has 150 valence electrons. The summed E-state index contributed by atoms with van der Waals surface area (Å²) in [7, 11) is 0. The maximum absolute atomic E-state index is 12.3. The van der Waals surface area contributed by atoms with Crippen LogP contribution >= 0.6 is 0 Å². The molecule has 27 heavy (non-hydrogen) atoms. The normalized spacial score (nSPS) is 24.6. The van der Waals surface area contributed by atoms with Gasteiger partial charge in [0.1, 0.15) is 11.4 Å². The van der Waals surface area contributed by atoms with Crippen LogP contribution in [0.3, 0.4) is 0 Å². The number of nitrogens with one attached hydrogen (secondary N) is 2. The zero-order valence-electron chi connectivity index (χ0n) is 16.7. The van der Waals surface area contributed by atoms with Crippen molar-refractivity contribution in [2.75, 3.05) is 29.9 Å². The smallest absolute Gasteiger partial charge is 0.253 e. The van der Waals surface area contributed by atoms with Crippen molar-refractivity contribution in [3.05, 3.63) is 20.4 Å². The van der Waals surface area contributed by atoms with E-state index in [0.29, 0.717) is 23.8 Å². The summed E-state index contributed by atoms with van der Waals surface area (Å²) >= 11 is 0. The fourth-order valence-electron chi connectivity index (χ4n) is 4.30. The Balaban J connectivity index is 1.48. The van der Waals surface area contributed by atoms with Gasteiger partial charge in [-0.3, -0.25) is 14.4 Å². The van der Waals surface area contributed by atoms with E-state index >= 15 is 0 Å². The molecule has 1 aliphatic carbocycles. The molecule has 1 aliphatic heterocycles. The fourth-order valence-corrected chi connectivity index (χ4v) is 4.30. The molecule has 0 bridgehead atoms. The number of anilines is 2. The summed E-state index contributed by atoms with van der Waals surface area (Å²) in [5.41, 5.74) is 0.446. The van der Waals surface area contributed by atoms with E-state index in [1.807, 2.05) is 6.92 Å². The van der Waals surface area contributed by atoms with Crippen molar-refractivity contribution in [1.82, 2.24) is 5.32 Å². The molecule has 1 aromatic carbocycles. The largest absolute Gasteiger partial charge is 0.380 e. The van der Waals surface area contributed by atoms with E-state index < -0.39 is 0 Å². The monoisotopic (exact) mass is 375 g/mol. The van der Waals surface area contributed by atoms with Crippen molar-refractivity contribution >= 4 is 17.3 Å². The Hall–Kier alpha value is -1.85. The molecule has 1 heterocycles. The van der Waals surface area contributed by atoms with E-state index in [2.05, 4.69) is 22.5 Å². The Bertz CT molecular complexity index is 709. The van der Waals surface area contributed by atoms with Crippen LogP contribution in [-0.2, 0) is 4.79 Å². The highest BCUT2D eigenvalue weighted by Crippen LogP contribution is 2.30. The van der Waals surface area contributed by atoms with Crippen molar-refractivity contribution < 1.29 is 4.79 Å². The topological polar surface area (TPSA) is 78.5 Å². The molecule has 0 spiro atoms. The van der Waals surface area contributed by atoms with E-state index in [1.54, 1.807) is 0 Å². The molecule has 6 nitrogen and oxygen atoms in total. The summed E-state index contributed by atoms with van der Waals surface area (Å²) in [5.74, 6) is 0.757. The van der Waals surface area contributed by atoms with Gasteiger partial charge in [0, 0.05) is 31.6 Å². The van der Waals surface area contributed by atoms with Gasteiger partial charge in [0.15, 0.2) is 0 Å². The first-order valence-electron chi connectivity index (χ1n) is 10.6. The second-order valence-electron chi connectivity index (χ2n) is 8.35. The van der Waals surface area contributed by atoms with Crippen LogP contribution in [0.1, 0.15) is 65.2 Å². The summed E-state index contributed by atoms with van der Waals surface area (Å²) in [6.07, 6.45) is 8.09. The third kappa shape index (κ3) is 4.53.